The molecule has 5 aliphatic rings. The number of hydrogen-bond donors (Lipinski definition) is 4. The minimum absolute atomic E-state index is 0.0349. The first-order valence-electron chi connectivity index (χ1n) is 22.8. The number of amides is 2. The first-order valence-corrected chi connectivity index (χ1v) is 22.8. The lowest BCUT2D eigenvalue weighted by Gasteiger charge is -2.40. The fourth-order valence-electron chi connectivity index (χ4n) is 11.8. The van der Waals surface area contributed by atoms with Crippen molar-refractivity contribution >= 4 is 34.1 Å². The molecule has 7 unspecified atom stereocenters. The summed E-state index contributed by atoms with van der Waals surface area (Å²) >= 11 is 0. The van der Waals surface area contributed by atoms with Crippen molar-refractivity contribution in [3.8, 4) is 0 Å². The highest BCUT2D eigenvalue weighted by Crippen LogP contribution is 2.50. The lowest BCUT2D eigenvalue weighted by molar-refractivity contribution is -0.123. The lowest BCUT2D eigenvalue weighted by Crippen LogP contribution is -2.59. The van der Waals surface area contributed by atoms with Crippen LogP contribution in [0.1, 0.15) is 146 Å². The van der Waals surface area contributed by atoms with Crippen molar-refractivity contribution in [3.05, 3.63) is 89.1 Å². The number of nitrogens with one attached hydrogen (secondary N) is 3. The van der Waals surface area contributed by atoms with Gasteiger partial charge in [-0.25, -0.2) is 0 Å². The molecule has 2 fully saturated rings. The molecular formula is C52H76N6O3. The number of nitrogens with zero attached hydrogens (tertiary/aromatic N) is 3. The molecule has 3 aromatic carbocycles. The average molecular weight is 833 g/mol. The predicted molar refractivity (Wildman–Crippen MR) is 256 cm³/mol. The largest absolute Gasteiger partial charge is 0.400 e. The molecule has 2 saturated heterocycles. The molecule has 9 nitrogen and oxygen atoms in total. The zero-order valence-corrected chi connectivity index (χ0v) is 41.0. The number of carbonyl (C=O) groups excluding carboxylic acids is 2. The first kappa shape index (κ1) is 46.2. The Morgan fingerprint density at radius 2 is 0.934 bits per heavy atom. The summed E-state index contributed by atoms with van der Waals surface area (Å²) in [5.41, 5.74) is 25.8. The van der Waals surface area contributed by atoms with Crippen LogP contribution in [0.15, 0.2) is 0 Å². The molecule has 7 atom stereocenters. The molecule has 9 rings (SSSR count). The van der Waals surface area contributed by atoms with Gasteiger partial charge in [-0.15, -0.1) is 0 Å². The average Bonchev–Trinajstić information content (AvgIpc) is 3.86. The van der Waals surface area contributed by atoms with E-state index < -0.39 is 0 Å². The molecule has 0 radical (unpaired) electrons. The third-order valence-corrected chi connectivity index (χ3v) is 16.2. The number of anilines is 2. The number of rotatable bonds is 0. The van der Waals surface area contributed by atoms with Crippen LogP contribution in [-0.4, -0.2) is 78.9 Å². The third-order valence-electron chi connectivity index (χ3n) is 16.2. The zero-order chi connectivity index (χ0) is 45.4. The van der Waals surface area contributed by atoms with Crippen molar-refractivity contribution in [1.29, 1.82) is 0 Å². The maximum absolute atomic E-state index is 12.3. The number of fused-ring (bicyclic) bond motifs is 9. The van der Waals surface area contributed by atoms with Gasteiger partial charge in [0.1, 0.15) is 11.7 Å². The number of piperazine rings is 2. The van der Waals surface area contributed by atoms with E-state index in [1.807, 2.05) is 0 Å². The molecule has 0 spiro atoms. The lowest BCUT2D eigenvalue weighted by atomic mass is 9.87. The van der Waals surface area contributed by atoms with Crippen molar-refractivity contribution in [3.63, 3.8) is 0 Å². The van der Waals surface area contributed by atoms with E-state index in [0.29, 0.717) is 36.6 Å². The fraction of sp³-hybridized carbons (Fsp3) is 0.577. The Morgan fingerprint density at radius 1 is 0.475 bits per heavy atom. The monoisotopic (exact) mass is 833 g/mol. The highest BCUT2D eigenvalue weighted by Gasteiger charge is 2.47. The van der Waals surface area contributed by atoms with Gasteiger partial charge in [0.2, 0.25) is 5.91 Å². The number of aliphatic hydroxyl groups excluding tert-OH is 1. The van der Waals surface area contributed by atoms with Gasteiger partial charge in [-0.3, -0.25) is 9.59 Å². The van der Waals surface area contributed by atoms with Gasteiger partial charge in [0.15, 0.2) is 0 Å². The molecule has 0 bridgehead atoms. The Hall–Kier alpha value is -4.34. The SMILES string of the molecule is CO.Cc1c(C)c(C)c2c(c1C)C(C)C1C(=O)NCC(C)N21.Cc1c(C)c(C)c2c(c1C)C(C)C1CNCC(C)N21.Cc1c(C)c(C)c2c(c1C)c(C)c1n2C(C)CNC1=O. The summed E-state index contributed by atoms with van der Waals surface area (Å²) in [5, 5.41) is 17.9. The second kappa shape index (κ2) is 17.1. The topological polar surface area (TPSA) is 102 Å². The minimum atomic E-state index is -0.0349. The van der Waals surface area contributed by atoms with E-state index in [0.717, 1.165) is 38.0 Å². The standard InChI is InChI=1S/C17H24N2O.C17H22N2O.C17H26N2.CH4O/c2*1-8-7-18-17(20)16-13(6)14-11(4)9(2)10(3)12(5)15(14)19(8)16;1-9-7-18-8-15-14(6)16-12(4)10(2)11(3)13(5)17(16)19(9)15;1-2/h8,13,16H,7H2,1-6H3,(H,18,20);8H,7H2,1-6H3,(H,18,20);9,14-15,18H,7-8H2,1-6H3;2H,1H3. The molecule has 1 aromatic heterocycles. The normalized spacial score (nSPS) is 24.5. The minimum Gasteiger partial charge on any atom is -0.400 e. The van der Waals surface area contributed by atoms with Gasteiger partial charge < -0.3 is 35.4 Å². The summed E-state index contributed by atoms with van der Waals surface area (Å²) < 4.78 is 2.25. The molecule has 332 valence electrons. The predicted octanol–water partition coefficient (Wildman–Crippen LogP) is 9.03. The third kappa shape index (κ3) is 6.97. The van der Waals surface area contributed by atoms with Crippen LogP contribution in [0.4, 0.5) is 11.4 Å². The number of aromatic nitrogens is 1. The summed E-state index contributed by atoms with van der Waals surface area (Å²) in [7, 11) is 1.00. The van der Waals surface area contributed by atoms with Crippen LogP contribution in [0.3, 0.4) is 0 Å². The number of hydrogen-bond acceptors (Lipinski definition) is 6. The first-order chi connectivity index (χ1) is 28.7. The number of benzene rings is 3. The van der Waals surface area contributed by atoms with Crippen LogP contribution < -0.4 is 25.8 Å². The molecular weight excluding hydrogens is 757 g/mol. The van der Waals surface area contributed by atoms with E-state index in [2.05, 4.69) is 155 Å². The van der Waals surface area contributed by atoms with Crippen LogP contribution in [-0.2, 0) is 4.79 Å². The van der Waals surface area contributed by atoms with E-state index >= 15 is 0 Å². The Morgan fingerprint density at radius 3 is 1.51 bits per heavy atom. The molecule has 4 aromatic rings. The van der Waals surface area contributed by atoms with Gasteiger partial charge in [0, 0.05) is 86.1 Å². The van der Waals surface area contributed by atoms with Crippen LogP contribution >= 0.6 is 0 Å². The smallest absolute Gasteiger partial charge is 0.268 e. The van der Waals surface area contributed by atoms with Gasteiger partial charge in [0.25, 0.3) is 5.91 Å². The van der Waals surface area contributed by atoms with E-state index in [1.165, 1.54) is 88.9 Å². The van der Waals surface area contributed by atoms with E-state index in [9.17, 15) is 9.59 Å². The zero-order valence-electron chi connectivity index (χ0n) is 41.0. The second-order valence-corrected chi connectivity index (χ2v) is 19.2. The Kier molecular flexibility index (Phi) is 12.9. The van der Waals surface area contributed by atoms with Crippen LogP contribution in [0.25, 0.3) is 10.9 Å². The van der Waals surface area contributed by atoms with Gasteiger partial charge in [-0.05, 0) is 194 Å². The maximum atomic E-state index is 12.3. The van der Waals surface area contributed by atoms with Crippen molar-refractivity contribution < 1.29 is 14.7 Å². The summed E-state index contributed by atoms with van der Waals surface area (Å²) in [4.78, 5) is 29.7. The molecule has 0 aliphatic carbocycles. The Bertz CT molecular complexity index is 2420. The number of aliphatic hydroxyl groups is 1. The molecule has 0 saturated carbocycles. The molecule has 9 heteroatoms. The highest BCUT2D eigenvalue weighted by atomic mass is 16.2. The molecule has 61 heavy (non-hydrogen) atoms. The Labute approximate surface area is 367 Å². The van der Waals surface area contributed by atoms with Crippen LogP contribution in [0.2, 0.25) is 0 Å². The van der Waals surface area contributed by atoms with E-state index in [4.69, 9.17) is 5.11 Å². The van der Waals surface area contributed by atoms with E-state index in [1.54, 1.807) is 11.3 Å². The molecule has 2 amide bonds. The fourth-order valence-corrected chi connectivity index (χ4v) is 11.8. The molecule has 4 N–H and O–H groups in total. The summed E-state index contributed by atoms with van der Waals surface area (Å²) in [5.74, 6) is 1.15. The van der Waals surface area contributed by atoms with Crippen molar-refractivity contribution in [2.24, 2.45) is 0 Å². The number of carbonyl (C=O) groups is 2. The Balaban J connectivity index is 0.000000150. The van der Waals surface area contributed by atoms with E-state index in [-0.39, 0.29) is 23.8 Å². The molecule has 5 aliphatic heterocycles. The van der Waals surface area contributed by atoms with Crippen molar-refractivity contribution in [2.75, 3.05) is 43.1 Å². The summed E-state index contributed by atoms with van der Waals surface area (Å²) in [6.45, 7) is 43.8. The van der Waals surface area contributed by atoms with Gasteiger partial charge >= 0.3 is 0 Å². The van der Waals surface area contributed by atoms with Gasteiger partial charge in [-0.2, -0.15) is 0 Å². The van der Waals surface area contributed by atoms with Crippen LogP contribution in [0, 0.1) is 90.0 Å². The molecule has 6 heterocycles. The van der Waals surface area contributed by atoms with Gasteiger partial charge in [0.05, 0.1) is 5.52 Å². The maximum Gasteiger partial charge on any atom is 0.268 e. The van der Waals surface area contributed by atoms with Gasteiger partial charge in [-0.1, -0.05) is 13.8 Å². The highest BCUT2D eigenvalue weighted by molar-refractivity contribution is 6.05. The summed E-state index contributed by atoms with van der Waals surface area (Å²) in [6.07, 6.45) is 0. The summed E-state index contributed by atoms with van der Waals surface area (Å²) in [6, 6.07) is 1.87. The van der Waals surface area contributed by atoms with Crippen LogP contribution in [0.5, 0.6) is 0 Å². The number of aryl methyl sites for hydroxylation is 3. The van der Waals surface area contributed by atoms with Crippen molar-refractivity contribution in [1.82, 2.24) is 20.5 Å². The van der Waals surface area contributed by atoms with Crippen molar-refractivity contribution in [2.45, 2.75) is 167 Å². The second-order valence-electron chi connectivity index (χ2n) is 19.2. The quantitative estimate of drug-likeness (QED) is 0.141.